The number of rotatable bonds is 5. The van der Waals surface area contributed by atoms with Crippen LogP contribution in [-0.2, 0) is 0 Å². The maximum absolute atomic E-state index is 8.75. The van der Waals surface area contributed by atoms with Crippen molar-refractivity contribution in [3.05, 3.63) is 58.4 Å². The first kappa shape index (κ1) is 14.6. The lowest BCUT2D eigenvalue weighted by molar-refractivity contribution is 0.909. The molecular weight excluding hydrogens is 280 g/mol. The second-order valence-electron chi connectivity index (χ2n) is 4.35. The number of nitriles is 2. The van der Waals surface area contributed by atoms with E-state index in [2.05, 4.69) is 23.6 Å². The van der Waals surface area contributed by atoms with Crippen LogP contribution in [0.2, 0.25) is 0 Å². The second-order valence-corrected chi connectivity index (χ2v) is 5.33. The zero-order valence-electron chi connectivity index (χ0n) is 11.5. The molecule has 0 aliphatic heterocycles. The zero-order valence-corrected chi connectivity index (χ0v) is 12.3. The van der Waals surface area contributed by atoms with Gasteiger partial charge < -0.3 is 10.6 Å². The summed E-state index contributed by atoms with van der Waals surface area (Å²) in [4.78, 5) is 1.25. The van der Waals surface area contributed by atoms with E-state index in [1.54, 1.807) is 11.3 Å². The Morgan fingerprint density at radius 3 is 2.48 bits per heavy atom. The van der Waals surface area contributed by atoms with E-state index >= 15 is 0 Å². The van der Waals surface area contributed by atoms with Crippen LogP contribution in [0.25, 0.3) is 0 Å². The summed E-state index contributed by atoms with van der Waals surface area (Å²) in [5.41, 5.74) is 1.78. The van der Waals surface area contributed by atoms with Gasteiger partial charge in [-0.25, -0.2) is 0 Å². The highest BCUT2D eigenvalue weighted by Crippen LogP contribution is 2.28. The molecule has 1 unspecified atom stereocenters. The average Bonchev–Trinajstić information content (AvgIpc) is 3.04. The molecule has 21 heavy (non-hydrogen) atoms. The Bertz CT molecular complexity index is 689. The summed E-state index contributed by atoms with van der Waals surface area (Å²) in [5.74, 6) is 0. The van der Waals surface area contributed by atoms with Crippen molar-refractivity contribution in [2.24, 2.45) is 0 Å². The number of anilines is 2. The summed E-state index contributed by atoms with van der Waals surface area (Å²) in [6.45, 7) is 2.09. The molecule has 0 amide bonds. The number of nitrogens with one attached hydrogen (secondary N) is 2. The summed E-state index contributed by atoms with van der Waals surface area (Å²) in [5, 5.41) is 26.0. The molecule has 2 rings (SSSR count). The molecule has 4 nitrogen and oxygen atoms in total. The Kier molecular flexibility index (Phi) is 4.98. The van der Waals surface area contributed by atoms with Crippen LogP contribution in [0.4, 0.5) is 11.4 Å². The molecule has 0 saturated heterocycles. The highest BCUT2D eigenvalue weighted by Gasteiger charge is 2.08. The molecule has 5 heteroatoms. The lowest BCUT2D eigenvalue weighted by Gasteiger charge is -2.17. The minimum Gasteiger partial charge on any atom is -0.376 e. The smallest absolute Gasteiger partial charge is 0.145 e. The van der Waals surface area contributed by atoms with Crippen LogP contribution < -0.4 is 10.6 Å². The Morgan fingerprint density at radius 2 is 1.86 bits per heavy atom. The molecule has 0 fully saturated rings. The van der Waals surface area contributed by atoms with Crippen LogP contribution in [-0.4, -0.2) is 0 Å². The van der Waals surface area contributed by atoms with E-state index in [0.717, 1.165) is 11.4 Å². The topological polar surface area (TPSA) is 71.6 Å². The largest absolute Gasteiger partial charge is 0.376 e. The molecule has 0 aliphatic carbocycles. The first-order chi connectivity index (χ1) is 10.2. The van der Waals surface area contributed by atoms with Crippen LogP contribution in [0.15, 0.2) is 53.6 Å². The number of thiophene rings is 1. The maximum Gasteiger partial charge on any atom is 0.145 e. The van der Waals surface area contributed by atoms with Gasteiger partial charge in [0.05, 0.1) is 17.4 Å². The van der Waals surface area contributed by atoms with Gasteiger partial charge in [-0.1, -0.05) is 18.2 Å². The van der Waals surface area contributed by atoms with Crippen molar-refractivity contribution < 1.29 is 0 Å². The monoisotopic (exact) mass is 294 g/mol. The Labute approximate surface area is 128 Å². The molecule has 0 bridgehead atoms. The van der Waals surface area contributed by atoms with Crippen LogP contribution in [0.3, 0.4) is 0 Å². The van der Waals surface area contributed by atoms with Gasteiger partial charge >= 0.3 is 0 Å². The van der Waals surface area contributed by atoms with E-state index in [9.17, 15) is 0 Å². The van der Waals surface area contributed by atoms with Gasteiger partial charge in [-0.05, 0) is 30.5 Å². The van der Waals surface area contributed by atoms with Crippen molar-refractivity contribution in [3.8, 4) is 12.1 Å². The molecule has 1 aromatic heterocycles. The lowest BCUT2D eigenvalue weighted by Crippen LogP contribution is -2.06. The molecular formula is C16H14N4S. The molecule has 104 valence electrons. The second kappa shape index (κ2) is 7.14. The summed E-state index contributed by atoms with van der Waals surface area (Å²) in [7, 11) is 0. The highest BCUT2D eigenvalue weighted by molar-refractivity contribution is 7.10. The highest BCUT2D eigenvalue weighted by atomic mass is 32.1. The maximum atomic E-state index is 8.75. The third-order valence-electron chi connectivity index (χ3n) is 2.88. The number of para-hydroxylation sites is 2. The minimum atomic E-state index is 0.0381. The van der Waals surface area contributed by atoms with Crippen LogP contribution >= 0.6 is 11.3 Å². The Balaban J connectivity index is 2.16. The van der Waals surface area contributed by atoms with Crippen LogP contribution in [0, 0.1) is 22.7 Å². The lowest BCUT2D eigenvalue weighted by atomic mass is 10.2. The van der Waals surface area contributed by atoms with E-state index in [1.165, 1.54) is 11.1 Å². The third kappa shape index (κ3) is 3.85. The minimum absolute atomic E-state index is 0.0381. The predicted octanol–water partition coefficient (Wildman–Crippen LogP) is 4.26. The van der Waals surface area contributed by atoms with Crippen LogP contribution in [0.5, 0.6) is 0 Å². The molecule has 1 aromatic carbocycles. The fraction of sp³-hybridized carbons (Fsp3) is 0.125. The van der Waals surface area contributed by atoms with E-state index in [0.29, 0.717) is 0 Å². The molecule has 2 aromatic rings. The number of hydrogen-bond donors (Lipinski definition) is 2. The van der Waals surface area contributed by atoms with E-state index in [1.807, 2.05) is 47.9 Å². The van der Waals surface area contributed by atoms with E-state index in [-0.39, 0.29) is 11.6 Å². The Morgan fingerprint density at radius 1 is 1.14 bits per heavy atom. The van der Waals surface area contributed by atoms with Gasteiger partial charge in [0.1, 0.15) is 17.7 Å². The Hall–Kier alpha value is -2.76. The van der Waals surface area contributed by atoms with Crippen molar-refractivity contribution in [2.45, 2.75) is 13.0 Å². The van der Waals surface area contributed by atoms with Gasteiger partial charge in [0.15, 0.2) is 0 Å². The van der Waals surface area contributed by atoms with Crippen molar-refractivity contribution in [1.29, 1.82) is 10.5 Å². The fourth-order valence-electron chi connectivity index (χ4n) is 1.82. The average molecular weight is 294 g/mol. The van der Waals surface area contributed by atoms with Crippen LogP contribution in [0.1, 0.15) is 17.8 Å². The van der Waals surface area contributed by atoms with Gasteiger partial charge in [-0.2, -0.15) is 10.5 Å². The van der Waals surface area contributed by atoms with Gasteiger partial charge in [0, 0.05) is 11.1 Å². The predicted molar refractivity (Wildman–Crippen MR) is 85.7 cm³/mol. The van der Waals surface area contributed by atoms with E-state index < -0.39 is 0 Å². The molecule has 1 heterocycles. The van der Waals surface area contributed by atoms with Gasteiger partial charge in [-0.15, -0.1) is 11.3 Å². The summed E-state index contributed by atoms with van der Waals surface area (Å²) in [6.07, 6.45) is 1.41. The zero-order chi connectivity index (χ0) is 15.1. The number of allylic oxidation sites excluding steroid dienone is 1. The van der Waals surface area contributed by atoms with Gasteiger partial charge in [-0.3, -0.25) is 0 Å². The molecule has 0 spiro atoms. The molecule has 0 saturated carbocycles. The molecule has 0 radical (unpaired) electrons. The molecule has 2 N–H and O–H groups in total. The number of benzene rings is 1. The van der Waals surface area contributed by atoms with Gasteiger partial charge in [0.2, 0.25) is 0 Å². The first-order valence-corrected chi connectivity index (χ1v) is 7.28. The first-order valence-electron chi connectivity index (χ1n) is 6.40. The quantitative estimate of drug-likeness (QED) is 0.808. The van der Waals surface area contributed by atoms with Gasteiger partial charge in [0.25, 0.3) is 0 Å². The normalized spacial score (nSPS) is 10.8. The molecule has 0 aliphatic rings. The molecule has 1 atom stereocenters. The van der Waals surface area contributed by atoms with Crippen molar-refractivity contribution in [1.82, 2.24) is 0 Å². The summed E-state index contributed by atoms with van der Waals surface area (Å²) < 4.78 is 0. The summed E-state index contributed by atoms with van der Waals surface area (Å²) in [6, 6.07) is 15.6. The van der Waals surface area contributed by atoms with E-state index in [4.69, 9.17) is 10.5 Å². The van der Waals surface area contributed by atoms with Crippen molar-refractivity contribution in [3.63, 3.8) is 0 Å². The van der Waals surface area contributed by atoms with Crippen molar-refractivity contribution in [2.75, 3.05) is 10.6 Å². The third-order valence-corrected chi connectivity index (χ3v) is 3.94. The number of nitrogens with zero attached hydrogens (tertiary/aromatic N) is 2. The standard InChI is InChI=1S/C16H14N4S/c1-12(16-7-4-8-21-16)20-15-6-3-2-5-14(15)19-11-13(9-17)10-18/h2-8,11-12,19-20H,1H3. The fourth-order valence-corrected chi connectivity index (χ4v) is 2.55. The summed E-state index contributed by atoms with van der Waals surface area (Å²) >= 11 is 1.70. The van der Waals surface area contributed by atoms with Crippen molar-refractivity contribution >= 4 is 22.7 Å². The SMILES string of the molecule is CC(Nc1ccccc1NC=C(C#N)C#N)c1cccs1. The number of hydrogen-bond acceptors (Lipinski definition) is 5.